The van der Waals surface area contributed by atoms with Crippen molar-refractivity contribution in [2.24, 2.45) is 0 Å². The van der Waals surface area contributed by atoms with Crippen LogP contribution in [0.2, 0.25) is 0 Å². The minimum absolute atomic E-state index is 0.0280. The molecule has 0 saturated heterocycles. The summed E-state index contributed by atoms with van der Waals surface area (Å²) in [4.78, 5) is 37.6. The Balaban J connectivity index is 1.99. The van der Waals surface area contributed by atoms with Crippen LogP contribution in [0, 0.1) is 10.1 Å². The maximum atomic E-state index is 13.4. The summed E-state index contributed by atoms with van der Waals surface area (Å²) >= 11 is 0. The molecule has 1 aliphatic heterocycles. The Hall–Kier alpha value is -5.25. The Kier molecular flexibility index (Phi) is 8.39. The minimum atomic E-state index is -0.932. The van der Waals surface area contributed by atoms with E-state index < -0.39 is 22.8 Å². The number of hydrogen-bond acceptors (Lipinski definition) is 8. The average Bonchev–Trinajstić information content (AvgIpc) is 3.40. The number of carbonyl (C=O) groups is 2. The molecule has 2 heterocycles. The molecule has 0 aliphatic carbocycles. The third-order valence-electron chi connectivity index (χ3n) is 6.29. The topological polar surface area (TPSA) is 126 Å². The third-order valence-corrected chi connectivity index (χ3v) is 6.29. The molecule has 2 aromatic carbocycles. The van der Waals surface area contributed by atoms with Gasteiger partial charge in [0.05, 0.1) is 33.4 Å². The smallest absolute Gasteiger partial charge is 0.337 e. The van der Waals surface area contributed by atoms with Crippen LogP contribution in [0.1, 0.15) is 25.3 Å². The van der Waals surface area contributed by atoms with E-state index >= 15 is 0 Å². The van der Waals surface area contributed by atoms with Crippen molar-refractivity contribution in [3.05, 3.63) is 124 Å². The fourth-order valence-corrected chi connectivity index (χ4v) is 4.55. The molecule has 0 atom stereocenters. The lowest BCUT2D eigenvalue weighted by molar-refractivity contribution is -0.384. The number of rotatable bonds is 10. The van der Waals surface area contributed by atoms with E-state index in [0.29, 0.717) is 28.2 Å². The maximum absolute atomic E-state index is 13.4. The van der Waals surface area contributed by atoms with Crippen molar-refractivity contribution < 1.29 is 24.0 Å². The highest BCUT2D eigenvalue weighted by Gasteiger charge is 2.40. The number of carbonyl (C=O) groups excluding carboxylic acids is 2. The Labute approximate surface area is 231 Å². The first kappa shape index (κ1) is 27.8. The van der Waals surface area contributed by atoms with Crippen LogP contribution in [0.15, 0.2) is 109 Å². The predicted molar refractivity (Wildman–Crippen MR) is 149 cm³/mol. The van der Waals surface area contributed by atoms with Gasteiger partial charge in [-0.1, -0.05) is 43.5 Å². The number of allylic oxidation sites excluding steroid dienone is 2. The molecule has 4 rings (SSSR count). The lowest BCUT2D eigenvalue weighted by Crippen LogP contribution is -2.32. The second-order valence-electron chi connectivity index (χ2n) is 8.93. The molecule has 10 nitrogen and oxygen atoms in total. The fourth-order valence-electron chi connectivity index (χ4n) is 4.55. The molecule has 0 bridgehead atoms. The van der Waals surface area contributed by atoms with Crippen LogP contribution in [0.4, 0.5) is 5.69 Å². The number of aromatic nitrogens is 2. The Morgan fingerprint density at radius 2 is 1.52 bits per heavy atom. The summed E-state index contributed by atoms with van der Waals surface area (Å²) in [5, 5.41) is 19.2. The fraction of sp³-hybridized carbons (Fsp3) is 0.167. The summed E-state index contributed by atoms with van der Waals surface area (Å²) in [6, 6.07) is 15.2. The van der Waals surface area contributed by atoms with Gasteiger partial charge >= 0.3 is 11.9 Å². The highest BCUT2D eigenvalue weighted by molar-refractivity contribution is 6.00. The SMILES string of the molecule is C=CCOC(=O)C1=C(C)NC(C)=C(C(=O)OCC=C)C1c1cn(-c2ccccc2)nc1-c1ccc([N+](=O)[O-])cc1. The highest BCUT2D eigenvalue weighted by atomic mass is 16.6. The van der Waals surface area contributed by atoms with Crippen molar-refractivity contribution in [1.82, 2.24) is 15.1 Å². The minimum Gasteiger partial charge on any atom is -0.458 e. The van der Waals surface area contributed by atoms with Crippen LogP contribution in [-0.4, -0.2) is 39.9 Å². The van der Waals surface area contributed by atoms with Crippen LogP contribution in [0.5, 0.6) is 0 Å². The van der Waals surface area contributed by atoms with E-state index in [1.165, 1.54) is 24.3 Å². The zero-order valence-corrected chi connectivity index (χ0v) is 22.1. The van der Waals surface area contributed by atoms with Gasteiger partial charge in [-0.3, -0.25) is 10.1 Å². The number of nitrogens with one attached hydrogen (secondary N) is 1. The molecule has 1 N–H and O–H groups in total. The van der Waals surface area contributed by atoms with E-state index in [1.54, 1.807) is 36.9 Å². The van der Waals surface area contributed by atoms with Crippen molar-refractivity contribution in [2.45, 2.75) is 19.8 Å². The Bertz CT molecular complexity index is 1490. The number of nitrogens with zero attached hydrogens (tertiary/aromatic N) is 3. The van der Waals surface area contributed by atoms with Crippen molar-refractivity contribution in [3.8, 4) is 16.9 Å². The molecular weight excluding hydrogens is 512 g/mol. The summed E-state index contributed by atoms with van der Waals surface area (Å²) in [5.74, 6) is -2.21. The standard InChI is InChI=1S/C30H28N4O6/c1-5-16-39-29(35)25-19(3)31-20(4)26(30(36)40-17-6-2)27(25)24-18-33(22-10-8-7-9-11-22)32-28(24)21-12-14-23(15-13-21)34(37)38/h5-15,18,27,31H,1-2,16-17H2,3-4H3. The van der Waals surface area contributed by atoms with Gasteiger partial charge in [0.25, 0.3) is 5.69 Å². The number of non-ortho nitro benzene ring substituents is 1. The Morgan fingerprint density at radius 3 is 2.02 bits per heavy atom. The van der Waals surface area contributed by atoms with E-state index in [1.807, 2.05) is 30.3 Å². The molecule has 0 spiro atoms. The van der Waals surface area contributed by atoms with Crippen molar-refractivity contribution in [1.29, 1.82) is 0 Å². The number of nitro groups is 1. The van der Waals surface area contributed by atoms with Crippen LogP contribution in [0.3, 0.4) is 0 Å². The maximum Gasteiger partial charge on any atom is 0.337 e. The first-order valence-electron chi connectivity index (χ1n) is 12.4. The molecule has 0 unspecified atom stereocenters. The first-order chi connectivity index (χ1) is 19.3. The van der Waals surface area contributed by atoms with Crippen LogP contribution < -0.4 is 5.32 Å². The molecule has 0 amide bonds. The van der Waals surface area contributed by atoms with E-state index in [-0.39, 0.29) is 30.0 Å². The van der Waals surface area contributed by atoms with E-state index in [9.17, 15) is 19.7 Å². The van der Waals surface area contributed by atoms with Crippen molar-refractivity contribution >= 4 is 17.6 Å². The summed E-state index contributed by atoms with van der Waals surface area (Å²) in [5.41, 5.74) is 3.55. The zero-order chi connectivity index (χ0) is 28.8. The molecule has 40 heavy (non-hydrogen) atoms. The number of ether oxygens (including phenoxy) is 2. The molecule has 1 aromatic heterocycles. The second kappa shape index (κ2) is 12.1. The molecule has 3 aromatic rings. The highest BCUT2D eigenvalue weighted by Crippen LogP contribution is 2.43. The van der Waals surface area contributed by atoms with Gasteiger partial charge in [-0.05, 0) is 38.1 Å². The molecule has 204 valence electrons. The summed E-state index contributed by atoms with van der Waals surface area (Å²) in [7, 11) is 0. The quantitative estimate of drug-likeness (QED) is 0.162. The van der Waals surface area contributed by atoms with E-state index in [4.69, 9.17) is 14.6 Å². The number of nitro benzene ring substituents is 1. The predicted octanol–water partition coefficient (Wildman–Crippen LogP) is 5.14. The van der Waals surface area contributed by atoms with Crippen molar-refractivity contribution in [2.75, 3.05) is 13.2 Å². The van der Waals surface area contributed by atoms with Gasteiger partial charge in [-0.25, -0.2) is 14.3 Å². The molecule has 0 radical (unpaired) electrons. The first-order valence-corrected chi connectivity index (χ1v) is 12.4. The average molecular weight is 541 g/mol. The van der Waals surface area contributed by atoms with Gasteiger partial charge in [-0.2, -0.15) is 5.10 Å². The zero-order valence-electron chi connectivity index (χ0n) is 22.1. The van der Waals surface area contributed by atoms with Gasteiger partial charge in [0.15, 0.2) is 0 Å². The molecule has 0 fully saturated rings. The largest absolute Gasteiger partial charge is 0.458 e. The van der Waals surface area contributed by atoms with Crippen LogP contribution in [0.25, 0.3) is 16.9 Å². The van der Waals surface area contributed by atoms with Gasteiger partial charge < -0.3 is 14.8 Å². The molecule has 0 saturated carbocycles. The second-order valence-corrected chi connectivity index (χ2v) is 8.93. The van der Waals surface area contributed by atoms with Gasteiger partial charge in [0.2, 0.25) is 0 Å². The number of benzene rings is 2. The van der Waals surface area contributed by atoms with E-state index in [2.05, 4.69) is 18.5 Å². The van der Waals surface area contributed by atoms with Gasteiger partial charge in [0, 0.05) is 40.9 Å². The summed E-state index contributed by atoms with van der Waals surface area (Å²) < 4.78 is 12.5. The molecular formula is C30H28N4O6. The monoisotopic (exact) mass is 540 g/mol. The molecule has 10 heteroatoms. The number of dihydropyridines is 1. The third kappa shape index (κ3) is 5.60. The number of esters is 2. The molecule has 1 aliphatic rings. The number of hydrogen-bond donors (Lipinski definition) is 1. The summed E-state index contributed by atoms with van der Waals surface area (Å²) in [6.07, 6.45) is 4.65. The van der Waals surface area contributed by atoms with Crippen LogP contribution >= 0.6 is 0 Å². The van der Waals surface area contributed by atoms with E-state index in [0.717, 1.165) is 5.69 Å². The lowest BCUT2D eigenvalue weighted by Gasteiger charge is -2.30. The lowest BCUT2D eigenvalue weighted by atomic mass is 9.79. The van der Waals surface area contributed by atoms with Gasteiger partial charge in [-0.15, -0.1) is 0 Å². The Morgan fingerprint density at radius 1 is 0.975 bits per heavy atom. The normalized spacial score (nSPS) is 13.4. The van der Waals surface area contributed by atoms with Gasteiger partial charge in [0.1, 0.15) is 13.2 Å². The van der Waals surface area contributed by atoms with Crippen LogP contribution in [-0.2, 0) is 19.1 Å². The number of para-hydroxylation sites is 1. The summed E-state index contributed by atoms with van der Waals surface area (Å²) in [6.45, 7) is 10.6. The van der Waals surface area contributed by atoms with Crippen molar-refractivity contribution in [3.63, 3.8) is 0 Å².